The standard InChI is InChI=1S/C46H32N4/c1-4-18-33(19-5-1)40-32-41(39-27-16-17-31-47-39)49-45(48-40)36-24-10-13-28-42(36)50-43-29-14-11-25-37(43)46(34-20-6-2-7-21-34,35-22-8-3-9-23-35)38-26-12-15-30-44(38)50/h1-32H. The molecule has 0 saturated heterocycles. The minimum Gasteiger partial charge on any atom is -0.309 e. The monoisotopic (exact) mass is 640 g/mol. The highest BCUT2D eigenvalue weighted by Gasteiger charge is 2.46. The number of para-hydroxylation sites is 3. The van der Waals surface area contributed by atoms with Crippen LogP contribution in [0.15, 0.2) is 194 Å². The van der Waals surface area contributed by atoms with Crippen molar-refractivity contribution < 1.29 is 0 Å². The first kappa shape index (κ1) is 29.5. The Kier molecular flexibility index (Phi) is 7.33. The number of nitrogens with zero attached hydrogens (tertiary/aromatic N) is 4. The smallest absolute Gasteiger partial charge is 0.162 e. The van der Waals surface area contributed by atoms with Crippen LogP contribution in [-0.2, 0) is 5.41 Å². The van der Waals surface area contributed by atoms with Gasteiger partial charge in [-0.1, -0.05) is 146 Å². The van der Waals surface area contributed by atoms with Gasteiger partial charge in [-0.05, 0) is 64.7 Å². The third-order valence-electron chi connectivity index (χ3n) is 9.62. The van der Waals surface area contributed by atoms with Gasteiger partial charge in [0.2, 0.25) is 0 Å². The van der Waals surface area contributed by atoms with Gasteiger partial charge in [0.05, 0.1) is 39.6 Å². The average molecular weight is 641 g/mol. The van der Waals surface area contributed by atoms with Gasteiger partial charge in [0, 0.05) is 17.3 Å². The SMILES string of the molecule is c1ccc(-c2cc(-c3ccccn3)nc(-c3ccccc3N3c4ccccc4C(c4ccccc4)(c4ccccc4)c4ccccc43)n2)cc1. The minimum absolute atomic E-state index is 0.545. The van der Waals surface area contributed by atoms with Crippen LogP contribution in [0.4, 0.5) is 17.1 Å². The van der Waals surface area contributed by atoms with E-state index in [1.54, 1.807) is 6.20 Å². The molecule has 8 aromatic rings. The van der Waals surface area contributed by atoms with Crippen molar-refractivity contribution in [3.8, 4) is 34.0 Å². The lowest BCUT2D eigenvalue weighted by molar-refractivity contribution is 0.731. The molecule has 6 aromatic carbocycles. The van der Waals surface area contributed by atoms with E-state index in [0.717, 1.165) is 45.3 Å². The Morgan fingerprint density at radius 1 is 0.400 bits per heavy atom. The molecule has 0 aliphatic carbocycles. The Morgan fingerprint density at radius 2 is 0.900 bits per heavy atom. The highest BCUT2D eigenvalue weighted by molar-refractivity contribution is 5.94. The molecule has 1 aliphatic heterocycles. The van der Waals surface area contributed by atoms with Crippen molar-refractivity contribution >= 4 is 17.1 Å². The number of hydrogen-bond donors (Lipinski definition) is 0. The van der Waals surface area contributed by atoms with Crippen LogP contribution in [0, 0.1) is 0 Å². The van der Waals surface area contributed by atoms with Crippen LogP contribution < -0.4 is 4.90 Å². The number of benzene rings is 6. The molecule has 0 spiro atoms. The molecule has 1 aliphatic rings. The van der Waals surface area contributed by atoms with Gasteiger partial charge in [0.1, 0.15) is 0 Å². The van der Waals surface area contributed by atoms with Gasteiger partial charge in [-0.2, -0.15) is 0 Å². The Morgan fingerprint density at radius 3 is 1.50 bits per heavy atom. The lowest BCUT2D eigenvalue weighted by Crippen LogP contribution is -2.37. The normalized spacial score (nSPS) is 12.9. The first-order valence-corrected chi connectivity index (χ1v) is 16.9. The van der Waals surface area contributed by atoms with E-state index in [0.29, 0.717) is 5.82 Å². The molecular weight excluding hydrogens is 609 g/mol. The number of pyridine rings is 1. The summed E-state index contributed by atoms with van der Waals surface area (Å²) in [6.07, 6.45) is 1.81. The predicted molar refractivity (Wildman–Crippen MR) is 203 cm³/mol. The van der Waals surface area contributed by atoms with Crippen molar-refractivity contribution in [1.29, 1.82) is 0 Å². The maximum absolute atomic E-state index is 5.23. The number of anilines is 3. The third kappa shape index (κ3) is 4.81. The van der Waals surface area contributed by atoms with E-state index in [1.165, 1.54) is 22.3 Å². The summed E-state index contributed by atoms with van der Waals surface area (Å²) in [5.74, 6) is 0.639. The van der Waals surface area contributed by atoms with E-state index in [9.17, 15) is 0 Å². The summed E-state index contributed by atoms with van der Waals surface area (Å²) in [6.45, 7) is 0. The molecule has 2 aromatic heterocycles. The second-order valence-electron chi connectivity index (χ2n) is 12.4. The molecule has 3 heterocycles. The highest BCUT2D eigenvalue weighted by Crippen LogP contribution is 2.58. The first-order chi connectivity index (χ1) is 24.8. The summed E-state index contributed by atoms with van der Waals surface area (Å²) in [6, 6.07) is 66.1. The second-order valence-corrected chi connectivity index (χ2v) is 12.4. The van der Waals surface area contributed by atoms with E-state index in [1.807, 2.05) is 42.5 Å². The van der Waals surface area contributed by atoms with Crippen LogP contribution in [0.25, 0.3) is 34.0 Å². The molecule has 0 fully saturated rings. The lowest BCUT2D eigenvalue weighted by Gasteiger charge is -2.46. The molecule has 0 radical (unpaired) electrons. The van der Waals surface area contributed by atoms with E-state index in [4.69, 9.17) is 9.97 Å². The maximum Gasteiger partial charge on any atom is 0.162 e. The predicted octanol–water partition coefficient (Wildman–Crippen LogP) is 11.0. The van der Waals surface area contributed by atoms with Crippen LogP contribution in [0.5, 0.6) is 0 Å². The van der Waals surface area contributed by atoms with Gasteiger partial charge in [0.25, 0.3) is 0 Å². The van der Waals surface area contributed by atoms with Crippen LogP contribution in [-0.4, -0.2) is 15.0 Å². The van der Waals surface area contributed by atoms with Crippen molar-refractivity contribution in [2.45, 2.75) is 5.41 Å². The zero-order chi connectivity index (χ0) is 33.3. The number of aromatic nitrogens is 3. The van der Waals surface area contributed by atoms with Crippen LogP contribution in [0.1, 0.15) is 22.3 Å². The van der Waals surface area contributed by atoms with Crippen molar-refractivity contribution in [1.82, 2.24) is 15.0 Å². The topological polar surface area (TPSA) is 41.9 Å². The molecule has 0 bridgehead atoms. The quantitative estimate of drug-likeness (QED) is 0.181. The Labute approximate surface area is 292 Å². The van der Waals surface area contributed by atoms with Gasteiger partial charge < -0.3 is 4.90 Å². The fourth-order valence-corrected chi connectivity index (χ4v) is 7.50. The molecule has 0 unspecified atom stereocenters. The van der Waals surface area contributed by atoms with E-state index in [2.05, 4.69) is 155 Å². The zero-order valence-electron chi connectivity index (χ0n) is 27.3. The fourth-order valence-electron chi connectivity index (χ4n) is 7.50. The van der Waals surface area contributed by atoms with E-state index < -0.39 is 5.41 Å². The molecule has 0 N–H and O–H groups in total. The van der Waals surface area contributed by atoms with Crippen LogP contribution in [0.3, 0.4) is 0 Å². The minimum atomic E-state index is -0.545. The summed E-state index contributed by atoms with van der Waals surface area (Å²) in [4.78, 5) is 17.5. The molecule has 0 saturated carbocycles. The largest absolute Gasteiger partial charge is 0.309 e. The molecule has 4 heteroatoms. The van der Waals surface area contributed by atoms with E-state index in [-0.39, 0.29) is 0 Å². The summed E-state index contributed by atoms with van der Waals surface area (Å²) in [7, 11) is 0. The summed E-state index contributed by atoms with van der Waals surface area (Å²) >= 11 is 0. The van der Waals surface area contributed by atoms with Gasteiger partial charge in [-0.15, -0.1) is 0 Å². The van der Waals surface area contributed by atoms with Crippen molar-refractivity contribution in [3.63, 3.8) is 0 Å². The van der Waals surface area contributed by atoms with Gasteiger partial charge in [-0.3, -0.25) is 4.98 Å². The Bertz CT molecular complexity index is 2280. The Hall–Kier alpha value is -6.65. The van der Waals surface area contributed by atoms with Crippen molar-refractivity contribution in [3.05, 3.63) is 217 Å². The summed E-state index contributed by atoms with van der Waals surface area (Å²) in [5.41, 5.74) is 11.9. The van der Waals surface area contributed by atoms with Gasteiger partial charge in [-0.25, -0.2) is 9.97 Å². The maximum atomic E-state index is 5.23. The molecule has 50 heavy (non-hydrogen) atoms. The third-order valence-corrected chi connectivity index (χ3v) is 9.62. The highest BCUT2D eigenvalue weighted by atomic mass is 15.2. The second kappa shape index (κ2) is 12.4. The van der Waals surface area contributed by atoms with E-state index >= 15 is 0 Å². The number of rotatable bonds is 6. The molecule has 0 amide bonds. The van der Waals surface area contributed by atoms with Crippen molar-refractivity contribution in [2.75, 3.05) is 4.90 Å². The van der Waals surface area contributed by atoms with Crippen LogP contribution in [0.2, 0.25) is 0 Å². The van der Waals surface area contributed by atoms with Crippen LogP contribution >= 0.6 is 0 Å². The molecule has 4 nitrogen and oxygen atoms in total. The molecule has 9 rings (SSSR count). The lowest BCUT2D eigenvalue weighted by atomic mass is 9.62. The molecule has 0 atom stereocenters. The van der Waals surface area contributed by atoms with Gasteiger partial charge in [0.15, 0.2) is 5.82 Å². The summed E-state index contributed by atoms with van der Waals surface area (Å²) < 4.78 is 0. The first-order valence-electron chi connectivity index (χ1n) is 16.9. The Balaban J connectivity index is 1.32. The van der Waals surface area contributed by atoms with Crippen molar-refractivity contribution in [2.24, 2.45) is 0 Å². The number of fused-ring (bicyclic) bond motifs is 2. The van der Waals surface area contributed by atoms with Gasteiger partial charge >= 0.3 is 0 Å². The summed E-state index contributed by atoms with van der Waals surface area (Å²) in [5, 5.41) is 0. The molecular formula is C46H32N4. The number of hydrogen-bond acceptors (Lipinski definition) is 4. The molecule has 236 valence electrons. The fraction of sp³-hybridized carbons (Fsp3) is 0.0217. The average Bonchev–Trinajstić information content (AvgIpc) is 3.21. The zero-order valence-corrected chi connectivity index (χ0v) is 27.3.